The summed E-state index contributed by atoms with van der Waals surface area (Å²) in [5, 5.41) is 46.2. The summed E-state index contributed by atoms with van der Waals surface area (Å²) < 4.78 is 0. The number of aliphatic hydroxyl groups excluding tert-OH is 5. The third-order valence-corrected chi connectivity index (χ3v) is 2.35. The number of aromatic nitrogens is 2. The highest BCUT2D eigenvalue weighted by molar-refractivity contribution is 5.05. The Morgan fingerprint density at radius 3 is 2.17 bits per heavy atom. The van der Waals surface area contributed by atoms with Crippen LogP contribution in [0.15, 0.2) is 15.7 Å². The van der Waals surface area contributed by atoms with Gasteiger partial charge in [-0.1, -0.05) is 0 Å². The third kappa shape index (κ3) is 3.24. The highest BCUT2D eigenvalue weighted by Gasteiger charge is 2.31. The lowest BCUT2D eigenvalue weighted by atomic mass is 10.0. The summed E-state index contributed by atoms with van der Waals surface area (Å²) in [6.45, 7) is -0.823. The zero-order valence-electron chi connectivity index (χ0n) is 9.15. The second-order valence-corrected chi connectivity index (χ2v) is 3.72. The molecule has 9 nitrogen and oxygen atoms in total. The molecule has 0 saturated carbocycles. The summed E-state index contributed by atoms with van der Waals surface area (Å²) >= 11 is 0. The molecule has 0 aliphatic rings. The minimum absolute atomic E-state index is 0.319. The summed E-state index contributed by atoms with van der Waals surface area (Å²) in [4.78, 5) is 25.8. The Balaban J connectivity index is 2.95. The van der Waals surface area contributed by atoms with Crippen LogP contribution in [0.2, 0.25) is 0 Å². The first-order valence-electron chi connectivity index (χ1n) is 5.03. The van der Waals surface area contributed by atoms with E-state index in [-0.39, 0.29) is 5.69 Å². The lowest BCUT2D eigenvalue weighted by Crippen LogP contribution is -2.43. The van der Waals surface area contributed by atoms with Crippen LogP contribution in [-0.4, -0.2) is 60.4 Å². The molecule has 0 fully saturated rings. The first kappa shape index (κ1) is 14.5. The number of aromatic amines is 2. The van der Waals surface area contributed by atoms with Gasteiger partial charge in [-0.05, 0) is 0 Å². The van der Waals surface area contributed by atoms with E-state index in [1.165, 1.54) is 0 Å². The van der Waals surface area contributed by atoms with Gasteiger partial charge >= 0.3 is 5.69 Å². The predicted molar refractivity (Wildman–Crippen MR) is 57.7 cm³/mol. The van der Waals surface area contributed by atoms with Crippen molar-refractivity contribution in [3.8, 4) is 0 Å². The molecule has 0 unspecified atom stereocenters. The van der Waals surface area contributed by atoms with Crippen molar-refractivity contribution in [1.82, 2.24) is 9.97 Å². The Morgan fingerprint density at radius 1 is 1.06 bits per heavy atom. The van der Waals surface area contributed by atoms with Gasteiger partial charge < -0.3 is 30.5 Å². The fraction of sp³-hybridized carbons (Fsp3) is 0.556. The van der Waals surface area contributed by atoms with Gasteiger partial charge in [0.2, 0.25) is 0 Å². The molecule has 1 aromatic heterocycles. The number of rotatable bonds is 5. The first-order valence-corrected chi connectivity index (χ1v) is 5.03. The SMILES string of the molecule is O=c1cc([C@H](O)[C@H](O)[C@H](O)[C@H](O)CO)[nH]c(=O)[nH]1. The van der Waals surface area contributed by atoms with E-state index in [0.717, 1.165) is 6.07 Å². The molecule has 7 N–H and O–H groups in total. The van der Waals surface area contributed by atoms with Gasteiger partial charge in [-0.15, -0.1) is 0 Å². The molecule has 4 atom stereocenters. The lowest BCUT2D eigenvalue weighted by Gasteiger charge is -2.25. The van der Waals surface area contributed by atoms with Crippen LogP contribution in [0.3, 0.4) is 0 Å². The van der Waals surface area contributed by atoms with E-state index < -0.39 is 42.3 Å². The maximum absolute atomic E-state index is 11.0. The average molecular weight is 262 g/mol. The van der Waals surface area contributed by atoms with Crippen LogP contribution < -0.4 is 11.2 Å². The Bertz CT molecular complexity index is 468. The topological polar surface area (TPSA) is 167 Å². The van der Waals surface area contributed by atoms with Gasteiger partial charge in [-0.3, -0.25) is 9.78 Å². The van der Waals surface area contributed by atoms with E-state index in [1.807, 2.05) is 4.98 Å². The quantitative estimate of drug-likeness (QED) is 0.285. The van der Waals surface area contributed by atoms with Crippen molar-refractivity contribution in [2.75, 3.05) is 6.61 Å². The van der Waals surface area contributed by atoms with E-state index in [9.17, 15) is 24.9 Å². The molecule has 0 aliphatic carbocycles. The largest absolute Gasteiger partial charge is 0.394 e. The van der Waals surface area contributed by atoms with Crippen LogP contribution >= 0.6 is 0 Å². The van der Waals surface area contributed by atoms with E-state index in [2.05, 4.69) is 4.98 Å². The molecule has 0 radical (unpaired) electrons. The lowest BCUT2D eigenvalue weighted by molar-refractivity contribution is -0.117. The van der Waals surface area contributed by atoms with Crippen LogP contribution in [-0.2, 0) is 0 Å². The second-order valence-electron chi connectivity index (χ2n) is 3.72. The molecule has 0 saturated heterocycles. The highest BCUT2D eigenvalue weighted by Crippen LogP contribution is 2.16. The number of aliphatic hydroxyl groups is 5. The van der Waals surface area contributed by atoms with Crippen molar-refractivity contribution in [2.45, 2.75) is 24.4 Å². The first-order chi connectivity index (χ1) is 8.36. The van der Waals surface area contributed by atoms with Crippen molar-refractivity contribution >= 4 is 0 Å². The molecule has 0 spiro atoms. The molecule has 18 heavy (non-hydrogen) atoms. The zero-order valence-corrected chi connectivity index (χ0v) is 9.15. The Hall–Kier alpha value is -1.52. The molecular formula is C9H14N2O7. The molecular weight excluding hydrogens is 248 g/mol. The van der Waals surface area contributed by atoms with Gasteiger partial charge in [-0.2, -0.15) is 0 Å². The summed E-state index contributed by atoms with van der Waals surface area (Å²) in [5.41, 5.74) is -2.00. The van der Waals surface area contributed by atoms with E-state index >= 15 is 0 Å². The monoisotopic (exact) mass is 262 g/mol. The molecule has 1 rings (SSSR count). The maximum atomic E-state index is 11.0. The summed E-state index contributed by atoms with van der Waals surface area (Å²) in [6.07, 6.45) is -7.18. The van der Waals surface area contributed by atoms with Crippen LogP contribution in [0.1, 0.15) is 11.8 Å². The van der Waals surface area contributed by atoms with Crippen molar-refractivity contribution < 1.29 is 25.5 Å². The molecule has 1 aromatic rings. The Morgan fingerprint density at radius 2 is 1.67 bits per heavy atom. The molecule has 0 amide bonds. The van der Waals surface area contributed by atoms with Crippen molar-refractivity contribution in [2.24, 2.45) is 0 Å². The molecule has 0 aliphatic heterocycles. The van der Waals surface area contributed by atoms with Crippen molar-refractivity contribution in [3.63, 3.8) is 0 Å². The number of H-pyrrole nitrogens is 2. The van der Waals surface area contributed by atoms with Crippen LogP contribution in [0.4, 0.5) is 0 Å². The van der Waals surface area contributed by atoms with Crippen LogP contribution in [0, 0.1) is 0 Å². The molecule has 0 bridgehead atoms. The fourth-order valence-electron chi connectivity index (χ4n) is 1.35. The number of nitrogens with one attached hydrogen (secondary N) is 2. The maximum Gasteiger partial charge on any atom is 0.325 e. The molecule has 102 valence electrons. The molecule has 9 heteroatoms. The second kappa shape index (κ2) is 5.89. The van der Waals surface area contributed by atoms with Crippen LogP contribution in [0.5, 0.6) is 0 Å². The predicted octanol–water partition coefficient (Wildman–Crippen LogP) is -3.83. The van der Waals surface area contributed by atoms with Gasteiger partial charge in [0.1, 0.15) is 24.4 Å². The molecule has 1 heterocycles. The summed E-state index contributed by atoms with van der Waals surface area (Å²) in [7, 11) is 0. The minimum Gasteiger partial charge on any atom is -0.394 e. The smallest absolute Gasteiger partial charge is 0.325 e. The summed E-state index contributed by atoms with van der Waals surface area (Å²) in [6, 6.07) is 0.827. The highest BCUT2D eigenvalue weighted by atomic mass is 16.4. The Kier molecular flexibility index (Phi) is 4.76. The van der Waals surface area contributed by atoms with Gasteiger partial charge in [0.25, 0.3) is 5.56 Å². The van der Waals surface area contributed by atoms with Crippen molar-refractivity contribution in [3.05, 3.63) is 32.6 Å². The standard InChI is InChI=1S/C9H14N2O7/c12-2-4(13)7(16)8(17)6(15)3-1-5(14)11-9(18)10-3/h1,4,6-8,12-13,15-17H,2H2,(H2,10,11,14,18)/t4-,6+,7-,8+/m1/s1. The van der Waals surface area contributed by atoms with Gasteiger partial charge in [0.05, 0.1) is 12.3 Å². The average Bonchev–Trinajstić information content (AvgIpc) is 2.33. The van der Waals surface area contributed by atoms with Gasteiger partial charge in [0.15, 0.2) is 0 Å². The van der Waals surface area contributed by atoms with Crippen molar-refractivity contribution in [1.29, 1.82) is 0 Å². The fourth-order valence-corrected chi connectivity index (χ4v) is 1.35. The Labute approximate surface area is 100.0 Å². The van der Waals surface area contributed by atoms with Gasteiger partial charge in [0, 0.05) is 6.07 Å². The van der Waals surface area contributed by atoms with Gasteiger partial charge in [-0.25, -0.2) is 4.79 Å². The zero-order chi connectivity index (χ0) is 13.9. The van der Waals surface area contributed by atoms with E-state index in [0.29, 0.717) is 0 Å². The third-order valence-electron chi connectivity index (χ3n) is 2.35. The van der Waals surface area contributed by atoms with E-state index in [4.69, 9.17) is 10.2 Å². The minimum atomic E-state index is -1.88. The normalized spacial score (nSPS) is 18.1. The van der Waals surface area contributed by atoms with E-state index in [1.54, 1.807) is 0 Å². The summed E-state index contributed by atoms with van der Waals surface area (Å²) in [5.74, 6) is 0. The number of hydrogen-bond donors (Lipinski definition) is 7. The molecule has 0 aromatic carbocycles. The van der Waals surface area contributed by atoms with Crippen LogP contribution in [0.25, 0.3) is 0 Å². The number of hydrogen-bond acceptors (Lipinski definition) is 7.